The summed E-state index contributed by atoms with van der Waals surface area (Å²) < 4.78 is 38.2. The Morgan fingerprint density at radius 3 is 2.67 bits per heavy atom. The van der Waals surface area contributed by atoms with Gasteiger partial charge in [0.25, 0.3) is 0 Å². The van der Waals surface area contributed by atoms with E-state index in [4.69, 9.17) is 11.6 Å². The van der Waals surface area contributed by atoms with Gasteiger partial charge < -0.3 is 10.2 Å². The highest BCUT2D eigenvalue weighted by molar-refractivity contribution is 7.09. The second kappa shape index (κ2) is 8.02. The van der Waals surface area contributed by atoms with Crippen molar-refractivity contribution in [1.29, 1.82) is 0 Å². The number of aryl methyl sites for hydroxylation is 1. The van der Waals surface area contributed by atoms with E-state index in [-0.39, 0.29) is 16.8 Å². The SMILES string of the molecule is Cc1nc(CNC(=O)C2CCN(c3ncc(C(F)(F)F)cc3Cl)CC2)cs1. The first-order chi connectivity index (χ1) is 12.7. The van der Waals surface area contributed by atoms with E-state index in [1.54, 1.807) is 0 Å². The number of hydrogen-bond donors (Lipinski definition) is 1. The fourth-order valence-electron chi connectivity index (χ4n) is 2.98. The number of alkyl halides is 3. The van der Waals surface area contributed by atoms with E-state index in [2.05, 4.69) is 15.3 Å². The molecule has 0 radical (unpaired) electrons. The maximum Gasteiger partial charge on any atom is 0.417 e. The van der Waals surface area contributed by atoms with E-state index < -0.39 is 11.7 Å². The van der Waals surface area contributed by atoms with Crippen LogP contribution in [-0.2, 0) is 17.5 Å². The maximum atomic E-state index is 12.7. The van der Waals surface area contributed by atoms with E-state index in [9.17, 15) is 18.0 Å². The number of nitrogens with zero attached hydrogens (tertiary/aromatic N) is 3. The molecule has 1 amide bonds. The minimum atomic E-state index is -4.48. The number of thiazole rings is 1. The zero-order chi connectivity index (χ0) is 19.6. The van der Waals surface area contributed by atoms with Crippen LogP contribution in [0.3, 0.4) is 0 Å². The van der Waals surface area contributed by atoms with E-state index in [1.165, 1.54) is 11.3 Å². The predicted molar refractivity (Wildman–Crippen MR) is 97.9 cm³/mol. The number of anilines is 1. The van der Waals surface area contributed by atoms with Crippen LogP contribution in [0, 0.1) is 12.8 Å². The first kappa shape index (κ1) is 19.9. The van der Waals surface area contributed by atoms with Gasteiger partial charge in [-0.15, -0.1) is 11.3 Å². The summed E-state index contributed by atoms with van der Waals surface area (Å²) in [5.74, 6) is 0.141. The van der Waals surface area contributed by atoms with Crippen molar-refractivity contribution in [2.24, 2.45) is 5.92 Å². The van der Waals surface area contributed by atoms with Gasteiger partial charge in [0, 0.05) is 30.6 Å². The molecule has 3 rings (SSSR count). The molecule has 3 heterocycles. The summed E-state index contributed by atoms with van der Waals surface area (Å²) in [5.41, 5.74) is -0.0354. The monoisotopic (exact) mass is 418 g/mol. The quantitative estimate of drug-likeness (QED) is 0.813. The van der Waals surface area contributed by atoms with Crippen molar-refractivity contribution in [2.45, 2.75) is 32.5 Å². The van der Waals surface area contributed by atoms with Crippen LogP contribution < -0.4 is 10.2 Å². The van der Waals surface area contributed by atoms with Crippen LogP contribution in [0.5, 0.6) is 0 Å². The van der Waals surface area contributed by atoms with E-state index >= 15 is 0 Å². The van der Waals surface area contributed by atoms with E-state index in [0.29, 0.717) is 38.3 Å². The number of halogens is 4. The molecule has 0 saturated carbocycles. The first-order valence-corrected chi connectivity index (χ1v) is 9.66. The fraction of sp³-hybridized carbons (Fsp3) is 0.471. The van der Waals surface area contributed by atoms with Crippen LogP contribution in [0.2, 0.25) is 5.02 Å². The van der Waals surface area contributed by atoms with Crippen molar-refractivity contribution >= 4 is 34.7 Å². The number of nitrogens with one attached hydrogen (secondary N) is 1. The molecule has 0 bridgehead atoms. The molecule has 0 aromatic carbocycles. The highest BCUT2D eigenvalue weighted by Gasteiger charge is 2.33. The Labute approximate surface area is 163 Å². The average Bonchev–Trinajstić information content (AvgIpc) is 3.04. The van der Waals surface area contributed by atoms with Gasteiger partial charge in [-0.2, -0.15) is 13.2 Å². The van der Waals surface area contributed by atoms with E-state index in [1.807, 2.05) is 17.2 Å². The summed E-state index contributed by atoms with van der Waals surface area (Å²) in [5, 5.41) is 5.72. The Morgan fingerprint density at radius 2 is 2.11 bits per heavy atom. The molecule has 0 atom stereocenters. The van der Waals surface area contributed by atoms with Gasteiger partial charge in [-0.25, -0.2) is 9.97 Å². The summed E-state index contributed by atoms with van der Waals surface area (Å²) >= 11 is 7.53. The topological polar surface area (TPSA) is 58.1 Å². The van der Waals surface area contributed by atoms with Crippen molar-refractivity contribution in [3.05, 3.63) is 38.9 Å². The lowest BCUT2D eigenvalue weighted by atomic mass is 9.96. The number of carbonyl (C=O) groups excluding carboxylic acids is 1. The standard InChI is InChI=1S/C17H18ClF3N4OS/c1-10-24-13(9-27-10)8-23-16(26)11-2-4-25(5-3-11)15-14(18)6-12(7-22-15)17(19,20)21/h6-7,9,11H,2-5,8H2,1H3,(H,23,26). The van der Waals surface area contributed by atoms with Crippen LogP contribution in [0.1, 0.15) is 29.1 Å². The van der Waals surface area contributed by atoms with Gasteiger partial charge in [0.15, 0.2) is 0 Å². The van der Waals surface area contributed by atoms with Crippen molar-refractivity contribution in [2.75, 3.05) is 18.0 Å². The number of carbonyl (C=O) groups is 1. The van der Waals surface area contributed by atoms with Crippen LogP contribution >= 0.6 is 22.9 Å². The largest absolute Gasteiger partial charge is 0.417 e. The Bertz CT molecular complexity index is 819. The molecular weight excluding hydrogens is 401 g/mol. The molecule has 0 aliphatic carbocycles. The van der Waals surface area contributed by atoms with Crippen LogP contribution in [0.25, 0.3) is 0 Å². The zero-order valence-electron chi connectivity index (χ0n) is 14.5. The molecule has 27 heavy (non-hydrogen) atoms. The molecule has 1 aliphatic rings. The third-order valence-corrected chi connectivity index (χ3v) is 5.53. The second-order valence-electron chi connectivity index (χ2n) is 6.36. The molecule has 10 heteroatoms. The van der Waals surface area contributed by atoms with Crippen LogP contribution in [0.15, 0.2) is 17.6 Å². The molecule has 0 unspecified atom stereocenters. The Balaban J connectivity index is 1.54. The normalized spacial score (nSPS) is 15.8. The lowest BCUT2D eigenvalue weighted by Gasteiger charge is -2.32. The maximum absolute atomic E-state index is 12.7. The Kier molecular flexibility index (Phi) is 5.90. The summed E-state index contributed by atoms with van der Waals surface area (Å²) in [7, 11) is 0. The molecule has 146 valence electrons. The van der Waals surface area contributed by atoms with Crippen molar-refractivity contribution in [3.63, 3.8) is 0 Å². The molecule has 5 nitrogen and oxygen atoms in total. The summed E-state index contributed by atoms with van der Waals surface area (Å²) in [6.45, 7) is 3.32. The molecule has 1 aliphatic heterocycles. The third-order valence-electron chi connectivity index (χ3n) is 4.42. The smallest absolute Gasteiger partial charge is 0.355 e. The number of hydrogen-bond acceptors (Lipinski definition) is 5. The number of aromatic nitrogens is 2. The Morgan fingerprint density at radius 1 is 1.41 bits per heavy atom. The summed E-state index contributed by atoms with van der Waals surface area (Å²) in [4.78, 5) is 22.3. The van der Waals surface area contributed by atoms with Crippen LogP contribution in [0.4, 0.5) is 19.0 Å². The van der Waals surface area contributed by atoms with Gasteiger partial charge in [-0.1, -0.05) is 11.6 Å². The molecule has 1 N–H and O–H groups in total. The van der Waals surface area contributed by atoms with Gasteiger partial charge in [0.2, 0.25) is 5.91 Å². The van der Waals surface area contributed by atoms with Gasteiger partial charge >= 0.3 is 6.18 Å². The molecule has 0 spiro atoms. The van der Waals surface area contributed by atoms with Gasteiger partial charge in [-0.3, -0.25) is 4.79 Å². The zero-order valence-corrected chi connectivity index (χ0v) is 16.1. The second-order valence-corrected chi connectivity index (χ2v) is 7.83. The number of amides is 1. The number of pyridine rings is 1. The molecule has 1 fully saturated rings. The number of piperidine rings is 1. The van der Waals surface area contributed by atoms with Gasteiger partial charge in [0.05, 0.1) is 27.8 Å². The predicted octanol–water partition coefficient (Wildman–Crippen LogP) is 4.05. The van der Waals surface area contributed by atoms with E-state index in [0.717, 1.165) is 23.0 Å². The summed E-state index contributed by atoms with van der Waals surface area (Å²) in [6, 6.07) is 0.887. The Hall–Kier alpha value is -1.87. The minimum absolute atomic E-state index is 0.0354. The third kappa shape index (κ3) is 4.90. The lowest BCUT2D eigenvalue weighted by molar-refractivity contribution is -0.137. The molecule has 2 aromatic heterocycles. The van der Waals surface area contributed by atoms with Crippen LogP contribution in [-0.4, -0.2) is 29.0 Å². The highest BCUT2D eigenvalue weighted by Crippen LogP contribution is 2.34. The lowest BCUT2D eigenvalue weighted by Crippen LogP contribution is -2.40. The number of rotatable bonds is 4. The minimum Gasteiger partial charge on any atom is -0.355 e. The van der Waals surface area contributed by atoms with Crippen molar-refractivity contribution in [1.82, 2.24) is 15.3 Å². The van der Waals surface area contributed by atoms with Crippen molar-refractivity contribution in [3.8, 4) is 0 Å². The van der Waals surface area contributed by atoms with Gasteiger partial charge in [0.1, 0.15) is 5.82 Å². The molecule has 1 saturated heterocycles. The fourth-order valence-corrected chi connectivity index (χ4v) is 3.88. The van der Waals surface area contributed by atoms with Gasteiger partial charge in [-0.05, 0) is 25.8 Å². The summed E-state index contributed by atoms with van der Waals surface area (Å²) in [6.07, 6.45) is -2.52. The van der Waals surface area contributed by atoms with Crippen molar-refractivity contribution < 1.29 is 18.0 Å². The molecular formula is C17H18ClF3N4OS. The highest BCUT2D eigenvalue weighted by atomic mass is 35.5. The first-order valence-electron chi connectivity index (χ1n) is 8.40. The average molecular weight is 419 g/mol. The molecule has 2 aromatic rings.